The lowest BCUT2D eigenvalue weighted by Gasteiger charge is -2.25. The molecule has 360 valence electrons. The minimum absolute atomic E-state index is 0.0201. The lowest BCUT2D eigenvalue weighted by atomic mass is 10.1. The second kappa shape index (κ2) is 26.8. The zero-order valence-electron chi connectivity index (χ0n) is 36.9. The normalized spacial score (nSPS) is 14.4. The Morgan fingerprint density at radius 2 is 1.32 bits per heavy atom. The number of rotatable bonds is 27. The van der Waals surface area contributed by atoms with Crippen LogP contribution in [0.1, 0.15) is 78.8 Å². The summed E-state index contributed by atoms with van der Waals surface area (Å²) in [5, 5.41) is 45.1. The maximum absolute atomic E-state index is 13.3. The van der Waals surface area contributed by atoms with Gasteiger partial charge in [0.15, 0.2) is 11.2 Å². The minimum atomic E-state index is -1.92. The highest BCUT2D eigenvalue weighted by Gasteiger charge is 2.33. The van der Waals surface area contributed by atoms with Gasteiger partial charge in [-0.1, -0.05) is 26.0 Å². The highest BCUT2D eigenvalue weighted by Crippen LogP contribution is 2.08. The number of H-pyrrole nitrogens is 1. The van der Waals surface area contributed by atoms with Crippen LogP contribution < -0.4 is 54.2 Å². The van der Waals surface area contributed by atoms with Gasteiger partial charge in [0.2, 0.25) is 35.5 Å². The summed E-state index contributed by atoms with van der Waals surface area (Å²) in [4.78, 5) is 140. The fraction of sp³-hybridized carbons (Fsp3) is 0.475. The molecule has 2 rings (SSSR count). The summed E-state index contributed by atoms with van der Waals surface area (Å²) < 4.78 is 0. The zero-order valence-corrected chi connectivity index (χ0v) is 36.9. The number of hydrogen-bond acceptors (Lipinski definition) is 16. The van der Waals surface area contributed by atoms with Crippen LogP contribution in [0.2, 0.25) is 0 Å². The summed E-state index contributed by atoms with van der Waals surface area (Å²) in [5.41, 5.74) is 12.1. The molecule has 0 saturated carbocycles. The van der Waals surface area contributed by atoms with Gasteiger partial charge in [-0.2, -0.15) is 4.98 Å². The van der Waals surface area contributed by atoms with E-state index in [1.807, 2.05) is 0 Å². The lowest BCUT2D eigenvalue weighted by Crippen LogP contribution is -2.60. The zero-order chi connectivity index (χ0) is 49.7. The molecule has 2 heterocycles. The summed E-state index contributed by atoms with van der Waals surface area (Å²) in [5.74, 6) is -10.2. The molecule has 2 aromatic heterocycles. The number of nitrogens with two attached hydrogens (primary N) is 2. The van der Waals surface area contributed by atoms with E-state index in [-0.39, 0.29) is 54.9 Å². The topological polar surface area (TPSA) is 422 Å². The molecule has 0 aliphatic rings. The molecule has 6 amide bonds. The average molecular weight is 928 g/mol. The smallest absolute Gasteiger partial charge is 0.326 e. The Bertz CT molecular complexity index is 2280. The van der Waals surface area contributed by atoms with Gasteiger partial charge in [-0.3, -0.25) is 48.1 Å². The molecule has 6 atom stereocenters. The number of carboxylic acid groups (broad SMARTS) is 3. The average Bonchev–Trinajstić information content (AvgIpc) is 3.25. The van der Waals surface area contributed by atoms with E-state index in [1.54, 1.807) is 45.1 Å². The van der Waals surface area contributed by atoms with Crippen molar-refractivity contribution in [3.63, 3.8) is 0 Å². The number of aromatic amines is 1. The molecule has 0 bridgehead atoms. The Balaban J connectivity index is 2.03. The van der Waals surface area contributed by atoms with Gasteiger partial charge in [-0.25, -0.2) is 14.8 Å². The summed E-state index contributed by atoms with van der Waals surface area (Å²) in [7, 11) is 0. The molecule has 0 aliphatic heterocycles. The number of nitrogens with zero attached hydrogens (tertiary/aromatic N) is 3. The second-order valence-corrected chi connectivity index (χ2v) is 14.7. The Labute approximate surface area is 377 Å². The van der Waals surface area contributed by atoms with E-state index < -0.39 is 115 Å². The van der Waals surface area contributed by atoms with E-state index in [4.69, 9.17) is 11.5 Å². The third-order valence-electron chi connectivity index (χ3n) is 9.31. The van der Waals surface area contributed by atoms with E-state index in [1.165, 1.54) is 20.0 Å². The van der Waals surface area contributed by atoms with Gasteiger partial charge in [-0.05, 0) is 52.2 Å². The number of hydrogen-bond donors (Lipinski definition) is 13. The minimum Gasteiger partial charge on any atom is -0.481 e. The molecular formula is C40H57N13O13. The Morgan fingerprint density at radius 1 is 0.773 bits per heavy atom. The van der Waals surface area contributed by atoms with Crippen LogP contribution in [0.25, 0.3) is 11.2 Å². The van der Waals surface area contributed by atoms with Crippen LogP contribution in [-0.4, -0.2) is 131 Å². The van der Waals surface area contributed by atoms with Crippen molar-refractivity contribution in [2.45, 2.75) is 116 Å². The van der Waals surface area contributed by atoms with Crippen molar-refractivity contribution < 1.29 is 58.5 Å². The first-order valence-corrected chi connectivity index (χ1v) is 20.6. The molecule has 15 N–H and O–H groups in total. The summed E-state index contributed by atoms with van der Waals surface area (Å²) >= 11 is 0. The molecule has 2 aromatic rings. The van der Waals surface area contributed by atoms with Crippen LogP contribution in [-0.2, 0) is 49.7 Å². The fourth-order valence-electron chi connectivity index (χ4n) is 5.72. The Morgan fingerprint density at radius 3 is 1.85 bits per heavy atom. The number of carboxylic acids is 3. The monoisotopic (exact) mass is 927 g/mol. The predicted molar refractivity (Wildman–Crippen MR) is 234 cm³/mol. The molecule has 4 unspecified atom stereocenters. The van der Waals surface area contributed by atoms with Gasteiger partial charge >= 0.3 is 17.9 Å². The van der Waals surface area contributed by atoms with Crippen molar-refractivity contribution >= 4 is 70.5 Å². The number of nitrogen functional groups attached to an aromatic ring is 1. The molecule has 66 heavy (non-hydrogen) atoms. The molecule has 0 spiro atoms. The maximum atomic E-state index is 13.3. The fourth-order valence-corrected chi connectivity index (χ4v) is 5.72. The number of nitrogens with one attached hydrogen (secondary N) is 8. The van der Waals surface area contributed by atoms with Crippen LogP contribution >= 0.6 is 0 Å². The summed E-state index contributed by atoms with van der Waals surface area (Å²) in [6.45, 7) is 7.75. The van der Waals surface area contributed by atoms with Crippen molar-refractivity contribution in [1.82, 2.24) is 57.2 Å². The standard InChI is InChI=1S/C40H57N13O13/c1-6-9-21(12-10-19(4)43-17-22-18-44-32-31(46-22)38(64)53-40(42)52-32)33(59)45-20(5)11-13-28(54)47-23(7-2)34(60)49-25(14-29(55)56)35(61)50-26(15-30(57)58)36(62)51-27(16-41)37(63)48-24(8-3)39(65)66/h6,9-10,12,18,20,23-27,43H,7-8,11,13-17,41H2,1-5H3,(H,45,59)(H,47,54)(H,48,63)(H,49,60)(H,50,61)(H,51,62)(H,55,56)(H,57,58)(H,65,66)(H3,42,44,52,53,64)/b9-6-,19-10+,21-12+/t20?,23?,24?,25-,26?,27-/m0/s1. The Kier molecular flexibility index (Phi) is 22.0. The molecule has 0 aromatic carbocycles. The molecular weight excluding hydrogens is 871 g/mol. The molecule has 0 saturated heterocycles. The molecule has 0 fully saturated rings. The number of carbonyl (C=O) groups excluding carboxylic acids is 6. The number of anilines is 1. The SMILES string of the molecule is C\C=C/C(=C\C=C(/C)NCc1cnc2nc(N)[nH]c(=O)c2n1)C(=O)NC(C)CCC(=O)NC(CC)C(=O)N[C@@H](CC(=O)O)C(=O)NC(CC(=O)O)C(=O)N[C@@H](CN)C(=O)NC(CC)C(=O)O. The highest BCUT2D eigenvalue weighted by molar-refractivity contribution is 5.98. The third kappa shape index (κ3) is 18.1. The van der Waals surface area contributed by atoms with E-state index in [2.05, 4.69) is 57.2 Å². The third-order valence-corrected chi connectivity index (χ3v) is 9.31. The number of carbonyl (C=O) groups is 9. The van der Waals surface area contributed by atoms with Crippen molar-refractivity contribution in [2.24, 2.45) is 5.73 Å². The molecule has 26 nitrogen and oxygen atoms in total. The number of aliphatic carboxylic acids is 3. The van der Waals surface area contributed by atoms with Crippen LogP contribution in [0.3, 0.4) is 0 Å². The summed E-state index contributed by atoms with van der Waals surface area (Å²) in [6, 6.07) is -8.52. The predicted octanol–water partition coefficient (Wildman–Crippen LogP) is -2.69. The van der Waals surface area contributed by atoms with Crippen LogP contribution in [0.5, 0.6) is 0 Å². The van der Waals surface area contributed by atoms with Crippen LogP contribution in [0.4, 0.5) is 5.95 Å². The van der Waals surface area contributed by atoms with Crippen molar-refractivity contribution in [3.8, 4) is 0 Å². The van der Waals surface area contributed by atoms with Crippen molar-refractivity contribution in [1.29, 1.82) is 0 Å². The first kappa shape index (κ1) is 54.4. The first-order chi connectivity index (χ1) is 31.1. The first-order valence-electron chi connectivity index (χ1n) is 20.6. The number of amides is 6. The second-order valence-electron chi connectivity index (χ2n) is 14.7. The number of allylic oxidation sites excluding steroid dienone is 4. The van der Waals surface area contributed by atoms with Gasteiger partial charge in [0.1, 0.15) is 30.2 Å². The van der Waals surface area contributed by atoms with Crippen LogP contribution in [0.15, 0.2) is 46.6 Å². The van der Waals surface area contributed by atoms with Crippen LogP contribution in [0, 0.1) is 0 Å². The number of fused-ring (bicyclic) bond motifs is 1. The highest BCUT2D eigenvalue weighted by atomic mass is 16.4. The van der Waals surface area contributed by atoms with E-state index in [0.717, 1.165) is 0 Å². The van der Waals surface area contributed by atoms with E-state index in [0.29, 0.717) is 11.4 Å². The van der Waals surface area contributed by atoms with Crippen molar-refractivity contribution in [2.75, 3.05) is 12.3 Å². The molecule has 0 aliphatic carbocycles. The van der Waals surface area contributed by atoms with Gasteiger partial charge in [0.05, 0.1) is 31.3 Å². The van der Waals surface area contributed by atoms with Crippen molar-refractivity contribution in [3.05, 3.63) is 57.8 Å². The molecule has 0 radical (unpaired) electrons. The summed E-state index contributed by atoms with van der Waals surface area (Å²) in [6.07, 6.45) is 5.70. The largest absolute Gasteiger partial charge is 0.481 e. The van der Waals surface area contributed by atoms with Gasteiger partial charge < -0.3 is 64.0 Å². The van der Waals surface area contributed by atoms with E-state index >= 15 is 0 Å². The van der Waals surface area contributed by atoms with E-state index in [9.17, 15) is 63.3 Å². The van der Waals surface area contributed by atoms with Gasteiger partial charge in [-0.15, -0.1) is 0 Å². The lowest BCUT2D eigenvalue weighted by molar-refractivity contribution is -0.144. The van der Waals surface area contributed by atoms with Gasteiger partial charge in [0, 0.05) is 30.3 Å². The number of aromatic nitrogens is 4. The Hall–Kier alpha value is -7.77. The van der Waals surface area contributed by atoms with Gasteiger partial charge in [0.25, 0.3) is 11.5 Å². The maximum Gasteiger partial charge on any atom is 0.326 e. The molecule has 26 heteroatoms. The quantitative estimate of drug-likeness (QED) is 0.0320.